The average molecular weight is 368 g/mol. The number of nitrogens with zero attached hydrogens (tertiary/aromatic N) is 1. The fourth-order valence-electron chi connectivity index (χ4n) is 3.00. The second kappa shape index (κ2) is 8.19. The van der Waals surface area contributed by atoms with E-state index in [1.165, 1.54) is 4.31 Å². The van der Waals surface area contributed by atoms with Crippen LogP contribution in [0.5, 0.6) is 0 Å². The minimum atomic E-state index is -3.30. The van der Waals surface area contributed by atoms with Gasteiger partial charge < -0.3 is 10.1 Å². The van der Waals surface area contributed by atoms with Gasteiger partial charge in [-0.05, 0) is 64.3 Å². The number of hydrogen-bond acceptors (Lipinski definition) is 4. The van der Waals surface area contributed by atoms with Crippen LogP contribution in [0.15, 0.2) is 18.2 Å². The van der Waals surface area contributed by atoms with Gasteiger partial charge in [0.05, 0.1) is 17.5 Å². The molecule has 1 amide bonds. The minimum absolute atomic E-state index is 0.0669. The second-order valence-corrected chi connectivity index (χ2v) is 8.76. The van der Waals surface area contributed by atoms with Crippen LogP contribution in [-0.4, -0.2) is 45.4 Å². The molecule has 0 spiro atoms. The number of anilines is 1. The Morgan fingerprint density at radius 1 is 1.40 bits per heavy atom. The molecule has 0 saturated heterocycles. The Balaban J connectivity index is 2.02. The number of benzene rings is 1. The number of sulfonamides is 1. The van der Waals surface area contributed by atoms with Crippen molar-refractivity contribution in [3.05, 3.63) is 29.3 Å². The number of hydrogen-bond donors (Lipinski definition) is 1. The highest BCUT2D eigenvalue weighted by Gasteiger charge is 2.34. The molecule has 0 saturated carbocycles. The van der Waals surface area contributed by atoms with Crippen molar-refractivity contribution < 1.29 is 17.9 Å². The first kappa shape index (κ1) is 19.7. The van der Waals surface area contributed by atoms with Crippen LogP contribution < -0.4 is 9.62 Å². The Morgan fingerprint density at radius 2 is 2.12 bits per heavy atom. The molecule has 140 valence electrons. The van der Waals surface area contributed by atoms with Gasteiger partial charge in [-0.1, -0.05) is 0 Å². The van der Waals surface area contributed by atoms with Gasteiger partial charge in [-0.15, -0.1) is 0 Å². The summed E-state index contributed by atoms with van der Waals surface area (Å²) in [5.41, 5.74) is 2.16. The maximum Gasteiger partial charge on any atom is 0.251 e. The molecule has 7 heteroatoms. The maximum absolute atomic E-state index is 12.3. The van der Waals surface area contributed by atoms with Crippen molar-refractivity contribution in [1.82, 2.24) is 5.32 Å². The van der Waals surface area contributed by atoms with Crippen LogP contribution in [0.4, 0.5) is 5.69 Å². The van der Waals surface area contributed by atoms with E-state index in [9.17, 15) is 13.2 Å². The molecule has 25 heavy (non-hydrogen) atoms. The molecule has 1 aliphatic rings. The lowest BCUT2D eigenvalue weighted by atomic mass is 10.1. The lowest BCUT2D eigenvalue weighted by Gasteiger charge is -2.23. The van der Waals surface area contributed by atoms with Crippen molar-refractivity contribution >= 4 is 21.6 Å². The molecule has 1 aliphatic heterocycles. The quantitative estimate of drug-likeness (QED) is 0.715. The summed E-state index contributed by atoms with van der Waals surface area (Å²) in [4.78, 5) is 12.3. The Kier molecular flexibility index (Phi) is 6.46. The normalized spacial score (nSPS) is 17.0. The maximum atomic E-state index is 12.3. The molecule has 0 radical (unpaired) electrons. The third-order valence-corrected chi connectivity index (χ3v) is 6.10. The fourth-order valence-corrected chi connectivity index (χ4v) is 4.38. The zero-order valence-electron chi connectivity index (χ0n) is 15.4. The van der Waals surface area contributed by atoms with Gasteiger partial charge in [0, 0.05) is 24.8 Å². The highest BCUT2D eigenvalue weighted by Crippen LogP contribution is 2.35. The van der Waals surface area contributed by atoms with Gasteiger partial charge in [-0.25, -0.2) is 8.42 Å². The van der Waals surface area contributed by atoms with Crippen molar-refractivity contribution in [2.75, 3.05) is 23.2 Å². The van der Waals surface area contributed by atoms with Crippen LogP contribution >= 0.6 is 0 Å². The topological polar surface area (TPSA) is 75.7 Å². The third kappa shape index (κ3) is 4.73. The van der Waals surface area contributed by atoms with Gasteiger partial charge in [0.15, 0.2) is 0 Å². The van der Waals surface area contributed by atoms with Crippen molar-refractivity contribution in [2.45, 2.75) is 52.7 Å². The molecule has 6 nitrogen and oxygen atoms in total. The summed E-state index contributed by atoms with van der Waals surface area (Å²) in [5.74, 6) is -0.0749. The SMILES string of the molecule is CCS(=O)(=O)N1c2ccc(C(=O)NCCCOC(C)C)cc2C[C@@H]1C. The van der Waals surface area contributed by atoms with Gasteiger partial charge in [0.25, 0.3) is 5.91 Å². The number of fused-ring (bicyclic) bond motifs is 1. The molecule has 2 rings (SSSR count). The first-order chi connectivity index (χ1) is 11.8. The predicted molar refractivity (Wildman–Crippen MR) is 99.6 cm³/mol. The molecule has 0 bridgehead atoms. The Hall–Kier alpha value is -1.60. The molecule has 0 aliphatic carbocycles. The summed E-state index contributed by atoms with van der Waals surface area (Å²) in [6.07, 6.45) is 1.57. The molecule has 1 aromatic carbocycles. The Morgan fingerprint density at radius 3 is 2.76 bits per heavy atom. The molecule has 1 heterocycles. The van der Waals surface area contributed by atoms with E-state index < -0.39 is 10.0 Å². The van der Waals surface area contributed by atoms with E-state index >= 15 is 0 Å². The molecule has 1 N–H and O–H groups in total. The van der Waals surface area contributed by atoms with Crippen LogP contribution in [0.1, 0.15) is 50.0 Å². The molecule has 1 atom stereocenters. The van der Waals surface area contributed by atoms with Gasteiger partial charge in [0.2, 0.25) is 10.0 Å². The highest BCUT2D eigenvalue weighted by molar-refractivity contribution is 7.92. The highest BCUT2D eigenvalue weighted by atomic mass is 32.2. The third-order valence-electron chi connectivity index (χ3n) is 4.22. The monoisotopic (exact) mass is 368 g/mol. The largest absolute Gasteiger partial charge is 0.379 e. The summed E-state index contributed by atoms with van der Waals surface area (Å²) < 4.78 is 31.5. The van der Waals surface area contributed by atoms with E-state index in [1.54, 1.807) is 25.1 Å². The number of rotatable bonds is 8. The standard InChI is InChI=1S/C18H28N2O4S/c1-5-25(22,23)20-14(4)11-16-12-15(7-8-17(16)20)18(21)19-9-6-10-24-13(2)3/h7-8,12-14H,5-6,9-11H2,1-4H3,(H,19,21)/t14-/m0/s1. The second-order valence-electron chi connectivity index (χ2n) is 6.62. The molecular formula is C18H28N2O4S. The number of amides is 1. The lowest BCUT2D eigenvalue weighted by Crippen LogP contribution is -2.36. The Bertz CT molecular complexity index is 716. The van der Waals surface area contributed by atoms with Gasteiger partial charge >= 0.3 is 0 Å². The zero-order chi connectivity index (χ0) is 18.6. The molecular weight excluding hydrogens is 340 g/mol. The smallest absolute Gasteiger partial charge is 0.251 e. The predicted octanol–water partition coefficient (Wildman–Crippen LogP) is 2.33. The van der Waals surface area contributed by atoms with E-state index in [1.807, 2.05) is 20.8 Å². The van der Waals surface area contributed by atoms with Crippen LogP contribution in [0.25, 0.3) is 0 Å². The van der Waals surface area contributed by atoms with Crippen LogP contribution in [0.2, 0.25) is 0 Å². The Labute approximate surface area is 150 Å². The number of ether oxygens (including phenoxy) is 1. The van der Waals surface area contributed by atoms with E-state index in [0.29, 0.717) is 30.8 Å². The van der Waals surface area contributed by atoms with Crippen molar-refractivity contribution in [3.8, 4) is 0 Å². The molecule has 0 unspecified atom stereocenters. The van der Waals surface area contributed by atoms with Gasteiger partial charge in [-0.2, -0.15) is 0 Å². The summed E-state index contributed by atoms with van der Waals surface area (Å²) in [5, 5.41) is 2.88. The van der Waals surface area contributed by atoms with Crippen molar-refractivity contribution in [2.24, 2.45) is 0 Å². The van der Waals surface area contributed by atoms with Gasteiger partial charge in [-0.3, -0.25) is 9.10 Å². The first-order valence-electron chi connectivity index (χ1n) is 8.81. The molecule has 0 fully saturated rings. The van der Waals surface area contributed by atoms with Crippen molar-refractivity contribution in [1.29, 1.82) is 0 Å². The van der Waals surface area contributed by atoms with E-state index in [-0.39, 0.29) is 23.8 Å². The number of nitrogens with one attached hydrogen (secondary N) is 1. The van der Waals surface area contributed by atoms with Crippen LogP contribution in [0.3, 0.4) is 0 Å². The number of carbonyl (C=O) groups is 1. The first-order valence-corrected chi connectivity index (χ1v) is 10.4. The van der Waals surface area contributed by atoms with Gasteiger partial charge in [0.1, 0.15) is 0 Å². The summed E-state index contributed by atoms with van der Waals surface area (Å²) in [7, 11) is -3.30. The molecule has 1 aromatic rings. The molecule has 0 aromatic heterocycles. The van der Waals surface area contributed by atoms with Crippen LogP contribution in [0, 0.1) is 0 Å². The number of carbonyl (C=O) groups excluding carboxylic acids is 1. The van der Waals surface area contributed by atoms with E-state index in [4.69, 9.17) is 4.74 Å². The van der Waals surface area contributed by atoms with Crippen molar-refractivity contribution in [3.63, 3.8) is 0 Å². The van der Waals surface area contributed by atoms with E-state index in [2.05, 4.69) is 5.32 Å². The summed E-state index contributed by atoms with van der Waals surface area (Å²) in [6, 6.07) is 5.11. The zero-order valence-corrected chi connectivity index (χ0v) is 16.2. The minimum Gasteiger partial charge on any atom is -0.379 e. The average Bonchev–Trinajstić information content (AvgIpc) is 2.89. The lowest BCUT2D eigenvalue weighted by molar-refractivity contribution is 0.0757. The van der Waals surface area contributed by atoms with E-state index in [0.717, 1.165) is 12.0 Å². The fraction of sp³-hybridized carbons (Fsp3) is 0.611. The summed E-state index contributed by atoms with van der Waals surface area (Å²) in [6.45, 7) is 8.66. The van der Waals surface area contributed by atoms with Crippen LogP contribution in [-0.2, 0) is 21.2 Å². The summed E-state index contributed by atoms with van der Waals surface area (Å²) >= 11 is 0.